The molecule has 0 fully saturated rings. The number of benzene rings is 1. The van der Waals surface area contributed by atoms with Gasteiger partial charge in [0.25, 0.3) is 0 Å². The van der Waals surface area contributed by atoms with Gasteiger partial charge < -0.3 is 5.32 Å². The summed E-state index contributed by atoms with van der Waals surface area (Å²) in [5.74, 6) is 0. The van der Waals surface area contributed by atoms with Gasteiger partial charge in [-0.1, -0.05) is 30.4 Å². The molecule has 3 nitrogen and oxygen atoms in total. The minimum atomic E-state index is 0.819. The van der Waals surface area contributed by atoms with Crippen LogP contribution in [0.15, 0.2) is 18.2 Å². The van der Waals surface area contributed by atoms with Gasteiger partial charge in [0, 0.05) is 12.1 Å². The first kappa shape index (κ1) is 11.8. The number of rotatable bonds is 4. The Balaban J connectivity index is 1.83. The van der Waals surface area contributed by atoms with Crippen molar-refractivity contribution in [2.75, 3.05) is 6.54 Å². The van der Waals surface area contributed by atoms with E-state index in [1.54, 1.807) is 11.3 Å². The zero-order valence-corrected chi connectivity index (χ0v) is 11.4. The maximum Gasteiger partial charge on any atom is 0.147 e. The second kappa shape index (κ2) is 5.16. The van der Waals surface area contributed by atoms with Crippen molar-refractivity contribution >= 4 is 11.3 Å². The van der Waals surface area contributed by atoms with E-state index in [0.717, 1.165) is 23.1 Å². The highest BCUT2D eigenvalue weighted by molar-refractivity contribution is 7.14. The van der Waals surface area contributed by atoms with Crippen molar-refractivity contribution in [2.24, 2.45) is 0 Å². The monoisotopic (exact) mass is 259 g/mol. The van der Waals surface area contributed by atoms with Crippen molar-refractivity contribution < 1.29 is 0 Å². The van der Waals surface area contributed by atoms with Gasteiger partial charge in [0.15, 0.2) is 0 Å². The maximum absolute atomic E-state index is 4.29. The number of aryl methyl sites for hydroxylation is 2. The van der Waals surface area contributed by atoms with Crippen molar-refractivity contribution in [2.45, 2.75) is 32.7 Å². The lowest BCUT2D eigenvalue weighted by atomic mass is 10.1. The molecule has 0 radical (unpaired) electrons. The summed E-state index contributed by atoms with van der Waals surface area (Å²) >= 11 is 1.69. The lowest BCUT2D eigenvalue weighted by Crippen LogP contribution is -2.11. The fourth-order valence-electron chi connectivity index (χ4n) is 2.38. The Hall–Kier alpha value is -1.26. The summed E-state index contributed by atoms with van der Waals surface area (Å²) in [6, 6.07) is 6.73. The first-order valence-electron chi connectivity index (χ1n) is 6.52. The summed E-state index contributed by atoms with van der Waals surface area (Å²) in [5.41, 5.74) is 4.22. The average molecular weight is 259 g/mol. The molecule has 1 heterocycles. The number of hydrogen-bond acceptors (Lipinski definition) is 4. The molecule has 3 rings (SSSR count). The van der Waals surface area contributed by atoms with Gasteiger partial charge in [0.05, 0.1) is 0 Å². The third kappa shape index (κ3) is 2.31. The zero-order valence-electron chi connectivity index (χ0n) is 10.6. The Bertz CT molecular complexity index is 548. The highest BCUT2D eigenvalue weighted by Crippen LogP contribution is 2.29. The standard InChI is InChI=1S/C14H17N3S/c1-2-15-9-13-16-17-14(18-13)12-7-6-10-4-3-5-11(10)8-12/h6-8,15H,2-5,9H2,1H3. The van der Waals surface area contributed by atoms with Crippen LogP contribution in [0.25, 0.3) is 10.6 Å². The molecule has 1 aliphatic carbocycles. The first-order chi connectivity index (χ1) is 8.86. The van der Waals surface area contributed by atoms with Crippen molar-refractivity contribution in [3.63, 3.8) is 0 Å². The van der Waals surface area contributed by atoms with E-state index in [1.165, 1.54) is 36.0 Å². The molecule has 1 aliphatic rings. The fraction of sp³-hybridized carbons (Fsp3) is 0.429. The quantitative estimate of drug-likeness (QED) is 0.917. The number of nitrogens with one attached hydrogen (secondary N) is 1. The molecule has 4 heteroatoms. The van der Waals surface area contributed by atoms with E-state index < -0.39 is 0 Å². The number of fused-ring (bicyclic) bond motifs is 1. The molecule has 0 bridgehead atoms. The second-order valence-electron chi connectivity index (χ2n) is 4.62. The van der Waals surface area contributed by atoms with Crippen molar-refractivity contribution in [1.82, 2.24) is 15.5 Å². The van der Waals surface area contributed by atoms with Crippen LogP contribution in [-0.2, 0) is 19.4 Å². The molecule has 0 spiro atoms. The van der Waals surface area contributed by atoms with Crippen LogP contribution in [0.3, 0.4) is 0 Å². The van der Waals surface area contributed by atoms with E-state index in [0.29, 0.717) is 0 Å². The third-order valence-electron chi connectivity index (χ3n) is 3.34. The Morgan fingerprint density at radius 1 is 1.22 bits per heavy atom. The molecule has 2 aromatic rings. The Labute approximate surface area is 111 Å². The van der Waals surface area contributed by atoms with Crippen LogP contribution in [0.1, 0.15) is 29.5 Å². The molecule has 0 saturated heterocycles. The number of hydrogen-bond donors (Lipinski definition) is 1. The minimum absolute atomic E-state index is 0.819. The van der Waals surface area contributed by atoms with E-state index >= 15 is 0 Å². The van der Waals surface area contributed by atoms with Crippen LogP contribution in [0.5, 0.6) is 0 Å². The van der Waals surface area contributed by atoms with Crippen LogP contribution in [0.4, 0.5) is 0 Å². The van der Waals surface area contributed by atoms with Crippen LogP contribution >= 0.6 is 11.3 Å². The summed E-state index contributed by atoms with van der Waals surface area (Å²) in [4.78, 5) is 0. The molecule has 0 unspecified atom stereocenters. The molecule has 1 aromatic heterocycles. The minimum Gasteiger partial charge on any atom is -0.311 e. The van der Waals surface area contributed by atoms with Gasteiger partial charge in [-0.2, -0.15) is 0 Å². The van der Waals surface area contributed by atoms with E-state index in [9.17, 15) is 0 Å². The Kier molecular flexibility index (Phi) is 3.39. The molecule has 18 heavy (non-hydrogen) atoms. The van der Waals surface area contributed by atoms with E-state index in [4.69, 9.17) is 0 Å². The van der Waals surface area contributed by atoms with Gasteiger partial charge in [-0.05, 0) is 43.0 Å². The Morgan fingerprint density at radius 2 is 2.11 bits per heavy atom. The zero-order chi connectivity index (χ0) is 12.4. The topological polar surface area (TPSA) is 37.8 Å². The average Bonchev–Trinajstić information content (AvgIpc) is 3.04. The molecule has 94 valence electrons. The van der Waals surface area contributed by atoms with Gasteiger partial charge in [0.2, 0.25) is 0 Å². The Morgan fingerprint density at radius 3 is 3.00 bits per heavy atom. The second-order valence-corrected chi connectivity index (χ2v) is 5.68. The first-order valence-corrected chi connectivity index (χ1v) is 7.33. The molecule has 0 atom stereocenters. The van der Waals surface area contributed by atoms with E-state index in [2.05, 4.69) is 40.6 Å². The van der Waals surface area contributed by atoms with Gasteiger partial charge in [-0.15, -0.1) is 10.2 Å². The smallest absolute Gasteiger partial charge is 0.147 e. The summed E-state index contributed by atoms with van der Waals surface area (Å²) < 4.78 is 0. The van der Waals surface area contributed by atoms with Gasteiger partial charge >= 0.3 is 0 Å². The van der Waals surface area contributed by atoms with E-state index in [1.807, 2.05) is 0 Å². The largest absolute Gasteiger partial charge is 0.311 e. The summed E-state index contributed by atoms with van der Waals surface area (Å²) in [6.07, 6.45) is 3.74. The molecular formula is C14H17N3S. The number of aromatic nitrogens is 2. The predicted octanol–water partition coefficient (Wildman–Crippen LogP) is 2.80. The van der Waals surface area contributed by atoms with E-state index in [-0.39, 0.29) is 0 Å². The normalized spacial score (nSPS) is 13.8. The molecular weight excluding hydrogens is 242 g/mol. The van der Waals surface area contributed by atoms with Gasteiger partial charge in [-0.3, -0.25) is 0 Å². The molecule has 1 aromatic carbocycles. The molecule has 1 N–H and O–H groups in total. The maximum atomic E-state index is 4.29. The highest BCUT2D eigenvalue weighted by Gasteiger charge is 2.13. The van der Waals surface area contributed by atoms with Crippen molar-refractivity contribution in [3.8, 4) is 10.6 Å². The van der Waals surface area contributed by atoms with Crippen LogP contribution in [0, 0.1) is 0 Å². The fourth-order valence-corrected chi connectivity index (χ4v) is 3.18. The summed E-state index contributed by atoms with van der Waals surface area (Å²) in [5, 5.41) is 13.9. The number of nitrogens with zero attached hydrogens (tertiary/aromatic N) is 2. The molecule has 0 amide bonds. The van der Waals surface area contributed by atoms with Crippen LogP contribution in [-0.4, -0.2) is 16.7 Å². The molecule has 0 aliphatic heterocycles. The van der Waals surface area contributed by atoms with Gasteiger partial charge in [-0.25, -0.2) is 0 Å². The lowest BCUT2D eigenvalue weighted by Gasteiger charge is -2.01. The van der Waals surface area contributed by atoms with Crippen LogP contribution < -0.4 is 5.32 Å². The predicted molar refractivity (Wildman–Crippen MR) is 74.8 cm³/mol. The SMILES string of the molecule is CCNCc1nnc(-c2ccc3c(c2)CCC3)s1. The van der Waals surface area contributed by atoms with Gasteiger partial charge in [0.1, 0.15) is 10.0 Å². The van der Waals surface area contributed by atoms with Crippen LogP contribution in [0.2, 0.25) is 0 Å². The van der Waals surface area contributed by atoms with Crippen molar-refractivity contribution in [3.05, 3.63) is 34.3 Å². The van der Waals surface area contributed by atoms with Crippen molar-refractivity contribution in [1.29, 1.82) is 0 Å². The summed E-state index contributed by atoms with van der Waals surface area (Å²) in [7, 11) is 0. The third-order valence-corrected chi connectivity index (χ3v) is 4.31. The summed E-state index contributed by atoms with van der Waals surface area (Å²) in [6.45, 7) is 3.88. The highest BCUT2D eigenvalue weighted by atomic mass is 32.1. The lowest BCUT2D eigenvalue weighted by molar-refractivity contribution is 0.715. The molecule has 0 saturated carbocycles.